The summed E-state index contributed by atoms with van der Waals surface area (Å²) in [6.07, 6.45) is 9.91. The Morgan fingerprint density at radius 2 is 2.04 bits per heavy atom. The molecule has 0 unspecified atom stereocenters. The summed E-state index contributed by atoms with van der Waals surface area (Å²) in [5.41, 5.74) is 1.02. The molecule has 2 aromatic rings. The van der Waals surface area contributed by atoms with Gasteiger partial charge in [0.15, 0.2) is 5.13 Å². The van der Waals surface area contributed by atoms with Gasteiger partial charge in [-0.1, -0.05) is 19.3 Å². The van der Waals surface area contributed by atoms with Gasteiger partial charge in [0, 0.05) is 42.6 Å². The molecular weight excluding hydrogens is 370 g/mol. The van der Waals surface area contributed by atoms with E-state index in [1.165, 1.54) is 32.1 Å². The number of rotatable bonds is 5. The van der Waals surface area contributed by atoms with Crippen LogP contribution in [-0.2, 0) is 4.79 Å². The first-order valence-electron chi connectivity index (χ1n) is 10.4. The van der Waals surface area contributed by atoms with Crippen molar-refractivity contribution in [1.29, 1.82) is 0 Å². The molecule has 1 aliphatic heterocycles. The fraction of sp³-hybridized carbons (Fsp3) is 0.619. The van der Waals surface area contributed by atoms with Crippen molar-refractivity contribution >= 4 is 28.2 Å². The van der Waals surface area contributed by atoms with Crippen LogP contribution in [0, 0.1) is 19.8 Å². The van der Waals surface area contributed by atoms with Gasteiger partial charge >= 0.3 is 0 Å². The van der Waals surface area contributed by atoms with Crippen LogP contribution in [-0.4, -0.2) is 38.8 Å². The molecule has 0 radical (unpaired) electrons. The minimum absolute atomic E-state index is 0.288. The average molecular weight is 400 g/mol. The molecule has 1 saturated heterocycles. The Balaban J connectivity index is 1.39. The number of carbonyl (C=O) groups excluding carboxylic acids is 1. The maximum atomic E-state index is 12.7. The van der Waals surface area contributed by atoms with Crippen LogP contribution in [0.3, 0.4) is 0 Å². The predicted molar refractivity (Wildman–Crippen MR) is 112 cm³/mol. The van der Waals surface area contributed by atoms with Crippen LogP contribution in [0.15, 0.2) is 12.3 Å². The number of thiazole rings is 1. The van der Waals surface area contributed by atoms with Crippen molar-refractivity contribution in [3.05, 3.63) is 28.7 Å². The molecule has 0 bridgehead atoms. The van der Waals surface area contributed by atoms with Crippen molar-refractivity contribution in [2.45, 2.75) is 64.7 Å². The summed E-state index contributed by atoms with van der Waals surface area (Å²) in [5.74, 6) is 2.75. The van der Waals surface area contributed by atoms with Gasteiger partial charge in [-0.25, -0.2) is 15.0 Å². The Bertz CT molecular complexity index is 830. The van der Waals surface area contributed by atoms with E-state index in [1.54, 1.807) is 11.3 Å². The standard InChI is InChI=1S/C21H29N5OS/c1-14-12-22-21(28-14)25-19-11-18(23-15(2)24-19)17-8-9-26(13-17)20(27)10-16-6-4-3-5-7-16/h11-12,16-17H,3-10,13H2,1-2H3,(H,22,23,24,25)/t17-/m0/s1. The van der Waals surface area contributed by atoms with Gasteiger partial charge in [0.1, 0.15) is 11.6 Å². The van der Waals surface area contributed by atoms with E-state index in [0.717, 1.165) is 53.3 Å². The average Bonchev–Trinajstić information content (AvgIpc) is 3.31. The lowest BCUT2D eigenvalue weighted by Gasteiger charge is -2.24. The van der Waals surface area contributed by atoms with Crippen molar-refractivity contribution < 1.29 is 4.79 Å². The summed E-state index contributed by atoms with van der Waals surface area (Å²) in [6, 6.07) is 2.02. The highest BCUT2D eigenvalue weighted by molar-refractivity contribution is 7.15. The van der Waals surface area contributed by atoms with Crippen LogP contribution in [0.1, 0.15) is 67.3 Å². The molecule has 1 N–H and O–H groups in total. The van der Waals surface area contributed by atoms with E-state index in [2.05, 4.69) is 20.3 Å². The highest BCUT2D eigenvalue weighted by Gasteiger charge is 2.30. The van der Waals surface area contributed by atoms with Crippen molar-refractivity contribution in [3.8, 4) is 0 Å². The lowest BCUT2D eigenvalue weighted by Crippen LogP contribution is -2.30. The Morgan fingerprint density at radius 1 is 1.21 bits per heavy atom. The molecule has 0 aromatic carbocycles. The number of aryl methyl sites for hydroxylation is 2. The summed E-state index contributed by atoms with van der Waals surface area (Å²) in [5, 5.41) is 4.14. The van der Waals surface area contributed by atoms with E-state index in [-0.39, 0.29) is 5.92 Å². The predicted octanol–water partition coefficient (Wildman–Crippen LogP) is 4.58. The lowest BCUT2D eigenvalue weighted by molar-refractivity contribution is -0.131. The van der Waals surface area contributed by atoms with E-state index in [1.807, 2.05) is 31.0 Å². The van der Waals surface area contributed by atoms with Crippen LogP contribution in [0.25, 0.3) is 0 Å². The van der Waals surface area contributed by atoms with Crippen LogP contribution in [0.5, 0.6) is 0 Å². The first-order chi connectivity index (χ1) is 13.6. The largest absolute Gasteiger partial charge is 0.342 e. The second-order valence-corrected chi connectivity index (χ2v) is 9.39. The lowest BCUT2D eigenvalue weighted by atomic mass is 9.87. The second kappa shape index (κ2) is 8.55. The number of anilines is 2. The fourth-order valence-corrected chi connectivity index (χ4v) is 5.05. The number of nitrogens with one attached hydrogen (secondary N) is 1. The molecule has 2 aliphatic rings. The molecule has 2 fully saturated rings. The van der Waals surface area contributed by atoms with Crippen LogP contribution in [0.2, 0.25) is 0 Å². The number of nitrogens with zero attached hydrogens (tertiary/aromatic N) is 4. The van der Waals surface area contributed by atoms with Crippen LogP contribution < -0.4 is 5.32 Å². The molecule has 0 spiro atoms. The number of likely N-dealkylation sites (tertiary alicyclic amines) is 1. The first kappa shape index (κ1) is 19.3. The maximum absolute atomic E-state index is 12.7. The Kier molecular flexibility index (Phi) is 5.90. The van der Waals surface area contributed by atoms with Gasteiger partial charge in [0.25, 0.3) is 0 Å². The van der Waals surface area contributed by atoms with Crippen LogP contribution in [0.4, 0.5) is 10.9 Å². The number of hydrogen-bond donors (Lipinski definition) is 1. The van der Waals surface area contributed by atoms with Gasteiger partial charge in [0.05, 0.1) is 5.69 Å². The quantitative estimate of drug-likeness (QED) is 0.797. The molecular formula is C21H29N5OS. The Morgan fingerprint density at radius 3 is 2.79 bits per heavy atom. The third kappa shape index (κ3) is 4.69. The monoisotopic (exact) mass is 399 g/mol. The summed E-state index contributed by atoms with van der Waals surface area (Å²) < 4.78 is 0. The molecule has 6 nitrogen and oxygen atoms in total. The summed E-state index contributed by atoms with van der Waals surface area (Å²) in [6.45, 7) is 5.57. The molecule has 4 rings (SSSR count). The van der Waals surface area contributed by atoms with E-state index in [9.17, 15) is 4.79 Å². The van der Waals surface area contributed by atoms with Crippen molar-refractivity contribution in [2.75, 3.05) is 18.4 Å². The molecule has 28 heavy (non-hydrogen) atoms. The molecule has 2 aromatic heterocycles. The van der Waals surface area contributed by atoms with Crippen molar-refractivity contribution in [1.82, 2.24) is 19.9 Å². The highest BCUT2D eigenvalue weighted by Crippen LogP contribution is 2.31. The third-order valence-electron chi connectivity index (χ3n) is 5.86. The minimum atomic E-state index is 0.288. The van der Waals surface area contributed by atoms with E-state index in [0.29, 0.717) is 11.8 Å². The van der Waals surface area contributed by atoms with Crippen molar-refractivity contribution in [3.63, 3.8) is 0 Å². The third-order valence-corrected chi connectivity index (χ3v) is 6.69. The molecule has 7 heteroatoms. The van der Waals surface area contributed by atoms with Gasteiger partial charge in [-0.2, -0.15) is 0 Å². The number of amides is 1. The number of hydrogen-bond acceptors (Lipinski definition) is 6. The highest BCUT2D eigenvalue weighted by atomic mass is 32.1. The normalized spacial score (nSPS) is 20.5. The van der Waals surface area contributed by atoms with Crippen molar-refractivity contribution in [2.24, 2.45) is 5.92 Å². The molecule has 1 atom stereocenters. The smallest absolute Gasteiger partial charge is 0.222 e. The van der Waals surface area contributed by atoms with Gasteiger partial charge in [-0.3, -0.25) is 4.79 Å². The summed E-state index contributed by atoms with van der Waals surface area (Å²) in [7, 11) is 0. The summed E-state index contributed by atoms with van der Waals surface area (Å²) >= 11 is 1.61. The minimum Gasteiger partial charge on any atom is -0.342 e. The summed E-state index contributed by atoms with van der Waals surface area (Å²) in [4.78, 5) is 29.5. The Labute approximate surface area is 170 Å². The maximum Gasteiger partial charge on any atom is 0.222 e. The number of aromatic nitrogens is 3. The molecule has 1 saturated carbocycles. The van der Waals surface area contributed by atoms with E-state index < -0.39 is 0 Å². The van der Waals surface area contributed by atoms with Gasteiger partial charge in [0.2, 0.25) is 5.91 Å². The van der Waals surface area contributed by atoms with E-state index in [4.69, 9.17) is 0 Å². The second-order valence-electron chi connectivity index (χ2n) is 8.16. The van der Waals surface area contributed by atoms with E-state index >= 15 is 0 Å². The SMILES string of the molecule is Cc1nc(Nc2ncc(C)s2)cc([C@H]2CCN(C(=O)CC3CCCCC3)C2)n1. The molecule has 3 heterocycles. The van der Waals surface area contributed by atoms with Crippen LogP contribution >= 0.6 is 11.3 Å². The molecule has 150 valence electrons. The number of carbonyl (C=O) groups is 1. The zero-order chi connectivity index (χ0) is 19.5. The topological polar surface area (TPSA) is 71.0 Å². The zero-order valence-electron chi connectivity index (χ0n) is 16.8. The molecule has 1 aliphatic carbocycles. The van der Waals surface area contributed by atoms with Gasteiger partial charge in [-0.15, -0.1) is 11.3 Å². The van der Waals surface area contributed by atoms with Gasteiger partial charge in [-0.05, 0) is 39.0 Å². The Hall–Kier alpha value is -2.02. The van der Waals surface area contributed by atoms with Gasteiger partial charge < -0.3 is 10.2 Å². The fourth-order valence-electron chi connectivity index (χ4n) is 4.38. The zero-order valence-corrected chi connectivity index (χ0v) is 17.6. The molecule has 1 amide bonds. The first-order valence-corrected chi connectivity index (χ1v) is 11.2.